The number of benzene rings is 1. The molecule has 0 aliphatic heterocycles. The molecule has 0 fully saturated rings. The molecule has 0 bridgehead atoms. The number of carbonyl (C=O) groups excluding carboxylic acids is 1. The molecule has 0 radical (unpaired) electrons. The molecular formula is C15H15NO4. The van der Waals surface area contributed by atoms with E-state index < -0.39 is 5.97 Å². The van der Waals surface area contributed by atoms with Gasteiger partial charge in [0.2, 0.25) is 0 Å². The quantitative estimate of drug-likeness (QED) is 0.908. The second kappa shape index (κ2) is 6.06. The smallest absolute Gasteiger partial charge is 0.303 e. The summed E-state index contributed by atoms with van der Waals surface area (Å²) < 4.78 is 5.08. The number of nitrogens with zero attached hydrogens (tertiary/aromatic N) is 1. The van der Waals surface area contributed by atoms with Crippen molar-refractivity contribution in [3.63, 3.8) is 0 Å². The molecule has 0 atom stereocenters. The Hall–Kier alpha value is -2.56. The van der Waals surface area contributed by atoms with Gasteiger partial charge in [-0.2, -0.15) is 0 Å². The van der Waals surface area contributed by atoms with Gasteiger partial charge in [-0.25, -0.2) is 0 Å². The van der Waals surface area contributed by atoms with Crippen molar-refractivity contribution in [1.29, 1.82) is 0 Å². The Morgan fingerprint density at radius 1 is 1.25 bits per heavy atom. The first-order chi connectivity index (χ1) is 9.58. The summed E-state index contributed by atoms with van der Waals surface area (Å²) >= 11 is 0. The first-order valence-corrected chi connectivity index (χ1v) is 6.20. The second-order valence-electron chi connectivity index (χ2n) is 4.41. The SMILES string of the molecule is CN(C(=O)c1ccco1)c1cccc(CCC(=O)O)c1. The molecule has 0 saturated carbocycles. The molecule has 104 valence electrons. The van der Waals surface area contributed by atoms with Crippen LogP contribution in [-0.2, 0) is 11.2 Å². The summed E-state index contributed by atoms with van der Waals surface area (Å²) in [6, 6.07) is 10.5. The number of carboxylic acid groups (broad SMARTS) is 1. The number of anilines is 1. The summed E-state index contributed by atoms with van der Waals surface area (Å²) in [7, 11) is 1.65. The van der Waals surface area contributed by atoms with Crippen LogP contribution in [0.15, 0.2) is 47.1 Å². The molecule has 1 N–H and O–H groups in total. The Bertz CT molecular complexity index is 604. The summed E-state index contributed by atoms with van der Waals surface area (Å²) in [5.74, 6) is -0.816. The third-order valence-electron chi connectivity index (χ3n) is 2.96. The lowest BCUT2D eigenvalue weighted by atomic mass is 10.1. The molecule has 5 nitrogen and oxygen atoms in total. The molecule has 1 amide bonds. The number of carboxylic acids is 1. The van der Waals surface area contributed by atoms with E-state index in [2.05, 4.69) is 0 Å². The molecule has 0 aliphatic rings. The molecule has 20 heavy (non-hydrogen) atoms. The number of furan rings is 1. The largest absolute Gasteiger partial charge is 0.481 e. The Morgan fingerprint density at radius 2 is 2.05 bits per heavy atom. The maximum absolute atomic E-state index is 12.1. The number of hydrogen-bond acceptors (Lipinski definition) is 3. The average molecular weight is 273 g/mol. The number of aliphatic carboxylic acids is 1. The average Bonchev–Trinajstić information content (AvgIpc) is 2.98. The molecule has 5 heteroatoms. The zero-order valence-corrected chi connectivity index (χ0v) is 11.1. The molecule has 0 unspecified atom stereocenters. The van der Waals surface area contributed by atoms with E-state index in [0.29, 0.717) is 12.1 Å². The minimum atomic E-state index is -0.838. The van der Waals surface area contributed by atoms with Crippen molar-refractivity contribution in [1.82, 2.24) is 0 Å². The molecule has 0 spiro atoms. The summed E-state index contributed by atoms with van der Waals surface area (Å²) in [6.45, 7) is 0. The molecular weight excluding hydrogens is 258 g/mol. The maximum Gasteiger partial charge on any atom is 0.303 e. The van der Waals surface area contributed by atoms with Crippen molar-refractivity contribution < 1.29 is 19.1 Å². The van der Waals surface area contributed by atoms with Crippen molar-refractivity contribution in [2.75, 3.05) is 11.9 Å². The Balaban J connectivity index is 2.13. The third kappa shape index (κ3) is 3.26. The summed E-state index contributed by atoms with van der Waals surface area (Å²) in [6.07, 6.45) is 1.95. The van der Waals surface area contributed by atoms with Gasteiger partial charge >= 0.3 is 5.97 Å². The molecule has 1 aromatic heterocycles. The maximum atomic E-state index is 12.1. The van der Waals surface area contributed by atoms with Gasteiger partial charge in [-0.05, 0) is 36.2 Å². The molecule has 0 saturated heterocycles. The van der Waals surface area contributed by atoms with Gasteiger partial charge in [-0.1, -0.05) is 12.1 Å². The van der Waals surface area contributed by atoms with Crippen LogP contribution in [0.4, 0.5) is 5.69 Å². The van der Waals surface area contributed by atoms with Crippen LogP contribution in [0.1, 0.15) is 22.5 Å². The van der Waals surface area contributed by atoms with Crippen molar-refractivity contribution in [3.05, 3.63) is 54.0 Å². The zero-order valence-electron chi connectivity index (χ0n) is 11.1. The van der Waals surface area contributed by atoms with Crippen LogP contribution in [0.3, 0.4) is 0 Å². The minimum absolute atomic E-state index is 0.0687. The lowest BCUT2D eigenvalue weighted by molar-refractivity contribution is -0.136. The molecule has 2 rings (SSSR count). The van der Waals surface area contributed by atoms with Crippen molar-refractivity contribution in [2.24, 2.45) is 0 Å². The first-order valence-electron chi connectivity index (χ1n) is 6.20. The molecule has 1 aromatic carbocycles. The van der Waals surface area contributed by atoms with Gasteiger partial charge in [0, 0.05) is 19.2 Å². The lowest BCUT2D eigenvalue weighted by Crippen LogP contribution is -2.25. The second-order valence-corrected chi connectivity index (χ2v) is 4.41. The Morgan fingerprint density at radius 3 is 2.70 bits per heavy atom. The van der Waals surface area contributed by atoms with Crippen LogP contribution < -0.4 is 4.90 Å². The van der Waals surface area contributed by atoms with Crippen molar-refractivity contribution in [2.45, 2.75) is 12.8 Å². The van der Waals surface area contributed by atoms with E-state index in [1.54, 1.807) is 31.3 Å². The van der Waals surface area contributed by atoms with Gasteiger partial charge < -0.3 is 14.4 Å². The molecule has 0 aliphatic carbocycles. The highest BCUT2D eigenvalue weighted by molar-refractivity contribution is 6.03. The van der Waals surface area contributed by atoms with Crippen LogP contribution in [0.25, 0.3) is 0 Å². The lowest BCUT2D eigenvalue weighted by Gasteiger charge is -2.16. The van der Waals surface area contributed by atoms with Gasteiger partial charge in [0.15, 0.2) is 5.76 Å². The summed E-state index contributed by atoms with van der Waals surface area (Å²) in [4.78, 5) is 24.2. The normalized spacial score (nSPS) is 10.2. The minimum Gasteiger partial charge on any atom is -0.481 e. The predicted molar refractivity (Wildman–Crippen MR) is 73.8 cm³/mol. The topological polar surface area (TPSA) is 70.8 Å². The van der Waals surface area contributed by atoms with Crippen LogP contribution >= 0.6 is 0 Å². The van der Waals surface area contributed by atoms with Crippen LogP contribution in [0.2, 0.25) is 0 Å². The van der Waals surface area contributed by atoms with Gasteiger partial charge in [-0.3, -0.25) is 9.59 Å². The summed E-state index contributed by atoms with van der Waals surface area (Å²) in [5, 5.41) is 8.69. The van der Waals surface area contributed by atoms with E-state index in [1.165, 1.54) is 11.2 Å². The van der Waals surface area contributed by atoms with Gasteiger partial charge in [0.25, 0.3) is 5.91 Å². The van der Waals surface area contributed by atoms with E-state index in [4.69, 9.17) is 9.52 Å². The summed E-state index contributed by atoms with van der Waals surface area (Å²) in [5.41, 5.74) is 1.58. The third-order valence-corrected chi connectivity index (χ3v) is 2.96. The number of amides is 1. The van der Waals surface area contributed by atoms with Crippen molar-refractivity contribution >= 4 is 17.6 Å². The fraction of sp³-hybridized carbons (Fsp3) is 0.200. The first kappa shape index (κ1) is 13.9. The fourth-order valence-corrected chi connectivity index (χ4v) is 1.85. The monoisotopic (exact) mass is 273 g/mol. The van der Waals surface area contributed by atoms with Crippen molar-refractivity contribution in [3.8, 4) is 0 Å². The van der Waals surface area contributed by atoms with Crippen LogP contribution in [-0.4, -0.2) is 24.0 Å². The highest BCUT2D eigenvalue weighted by Crippen LogP contribution is 2.18. The molecule has 2 aromatic rings. The number of rotatable bonds is 5. The van der Waals surface area contributed by atoms with E-state index in [9.17, 15) is 9.59 Å². The van der Waals surface area contributed by atoms with Gasteiger partial charge in [0.05, 0.1) is 6.26 Å². The predicted octanol–water partition coefficient (Wildman–Crippen LogP) is 2.57. The van der Waals surface area contributed by atoms with Crippen LogP contribution in [0.5, 0.6) is 0 Å². The van der Waals surface area contributed by atoms with E-state index in [-0.39, 0.29) is 18.1 Å². The number of aryl methyl sites for hydroxylation is 1. The number of hydrogen-bond donors (Lipinski definition) is 1. The fourth-order valence-electron chi connectivity index (χ4n) is 1.85. The van der Waals surface area contributed by atoms with E-state index in [1.807, 2.05) is 12.1 Å². The standard InChI is InChI=1S/C15H15NO4/c1-16(15(19)13-6-3-9-20-13)12-5-2-4-11(10-12)7-8-14(17)18/h2-6,9-10H,7-8H2,1H3,(H,17,18). The Labute approximate surface area is 116 Å². The highest BCUT2D eigenvalue weighted by Gasteiger charge is 2.16. The van der Waals surface area contributed by atoms with Crippen LogP contribution in [0, 0.1) is 0 Å². The number of carbonyl (C=O) groups is 2. The highest BCUT2D eigenvalue weighted by atomic mass is 16.4. The zero-order chi connectivity index (χ0) is 14.5. The van der Waals surface area contributed by atoms with E-state index in [0.717, 1.165) is 5.56 Å². The Kier molecular flexibility index (Phi) is 4.20. The van der Waals surface area contributed by atoms with Gasteiger partial charge in [0.1, 0.15) is 0 Å². The molecule has 1 heterocycles. The van der Waals surface area contributed by atoms with E-state index >= 15 is 0 Å². The van der Waals surface area contributed by atoms with Gasteiger partial charge in [-0.15, -0.1) is 0 Å².